The van der Waals surface area contributed by atoms with E-state index in [1.54, 1.807) is 13.0 Å². The molecule has 6 nitrogen and oxygen atoms in total. The predicted molar refractivity (Wildman–Crippen MR) is 208 cm³/mol. The molecule has 7 aliphatic rings. The van der Waals surface area contributed by atoms with Gasteiger partial charge in [0.15, 0.2) is 9.84 Å². The minimum Gasteiger partial charge on any atom is -0.462 e. The summed E-state index contributed by atoms with van der Waals surface area (Å²) < 4.78 is 59.1. The molecule has 0 bridgehead atoms. The first-order valence-electron chi connectivity index (χ1n) is 21.1. The minimum atomic E-state index is -3.50. The molecule has 5 fully saturated rings. The second kappa shape index (κ2) is 13.5. The van der Waals surface area contributed by atoms with Crippen LogP contribution in [0.2, 0.25) is 0 Å². The maximum Gasteiger partial charge on any atom is 0.377 e. The molecule has 0 aromatic heterocycles. The molecule has 1 heterocycles. The van der Waals surface area contributed by atoms with Crippen molar-refractivity contribution in [1.29, 1.82) is 0 Å². The smallest absolute Gasteiger partial charge is 0.377 e. The van der Waals surface area contributed by atoms with Crippen molar-refractivity contribution >= 4 is 15.8 Å². The summed E-state index contributed by atoms with van der Waals surface area (Å²) in [5.41, 5.74) is 4.10. The number of alkyl halides is 2. The summed E-state index contributed by atoms with van der Waals surface area (Å²) in [4.78, 5) is 14.5. The van der Waals surface area contributed by atoms with Gasteiger partial charge in [-0.2, -0.15) is 8.78 Å². The molecule has 6 aliphatic carbocycles. The quantitative estimate of drug-likeness (QED) is 0.187. The molecule has 298 valence electrons. The maximum atomic E-state index is 15.1. The topological polar surface area (TPSA) is 75.7 Å². The van der Waals surface area contributed by atoms with Gasteiger partial charge in [-0.25, -0.2) is 13.2 Å². The van der Waals surface area contributed by atoms with Crippen molar-refractivity contribution in [2.45, 2.75) is 131 Å². The van der Waals surface area contributed by atoms with E-state index in [9.17, 15) is 13.2 Å². The monoisotopic (exact) mass is 758 g/mol. The molecule has 1 unspecified atom stereocenters. The Bertz CT molecular complexity index is 1640. The molecule has 53 heavy (non-hydrogen) atoms. The van der Waals surface area contributed by atoms with Crippen molar-refractivity contribution in [1.82, 2.24) is 10.2 Å². The standard InChI is InChI=1S/C44H68F2N2O4S/c1-9-52-38(49)44(45,46)31-11-10-30(28-31)33-15-17-40(6)35(39(33,4)5)16-18-42(8)36(40)13-12-34-37-32(29(2)3)14-19-43(37,21-20-41(34,42)7)47-22-23-48-24-26-53(50,51)27-25-48/h15,28,31-32,34-37,47H,2,9-14,16-27H2,1,3-8H3/t31?,32-,34+,35-,36+,37+,40-,41+,42+,43-/m0/s1. The van der Waals surface area contributed by atoms with E-state index < -0.39 is 27.6 Å². The van der Waals surface area contributed by atoms with Gasteiger partial charge in [0.2, 0.25) is 0 Å². The van der Waals surface area contributed by atoms with Crippen LogP contribution in [0.1, 0.15) is 119 Å². The zero-order valence-corrected chi connectivity index (χ0v) is 34.6. The van der Waals surface area contributed by atoms with Gasteiger partial charge in [0, 0.05) is 31.7 Å². The highest BCUT2D eigenvalue weighted by molar-refractivity contribution is 7.91. The Morgan fingerprint density at radius 1 is 0.981 bits per heavy atom. The number of carbonyl (C=O) groups excluding carboxylic acids is 1. The number of hydrogen-bond donors (Lipinski definition) is 1. The van der Waals surface area contributed by atoms with E-state index in [4.69, 9.17) is 4.74 Å². The molecule has 0 radical (unpaired) electrons. The molecule has 4 saturated carbocycles. The fourth-order valence-electron chi connectivity index (χ4n) is 14.7. The third-order valence-corrected chi connectivity index (χ3v) is 19.1. The summed E-state index contributed by atoms with van der Waals surface area (Å²) >= 11 is 0. The van der Waals surface area contributed by atoms with Gasteiger partial charge in [-0.05, 0) is 147 Å². The van der Waals surface area contributed by atoms with Crippen molar-refractivity contribution in [3.63, 3.8) is 0 Å². The van der Waals surface area contributed by atoms with Gasteiger partial charge in [-0.15, -0.1) is 0 Å². The van der Waals surface area contributed by atoms with Crippen molar-refractivity contribution in [3.8, 4) is 0 Å². The van der Waals surface area contributed by atoms with Gasteiger partial charge in [0.1, 0.15) is 0 Å². The van der Waals surface area contributed by atoms with Crippen molar-refractivity contribution in [3.05, 3.63) is 35.5 Å². The summed E-state index contributed by atoms with van der Waals surface area (Å²) in [5.74, 6) is -2.69. The highest BCUT2D eigenvalue weighted by Gasteiger charge is 2.70. The van der Waals surface area contributed by atoms with E-state index in [-0.39, 0.29) is 51.7 Å². The van der Waals surface area contributed by atoms with E-state index in [2.05, 4.69) is 64.4 Å². The highest BCUT2D eigenvalue weighted by Crippen LogP contribution is 2.76. The van der Waals surface area contributed by atoms with Crippen molar-refractivity contribution in [2.75, 3.05) is 44.3 Å². The first-order valence-corrected chi connectivity index (χ1v) is 22.9. The first-order chi connectivity index (χ1) is 24.8. The maximum absolute atomic E-state index is 15.1. The number of rotatable bonds is 9. The van der Waals surface area contributed by atoms with Gasteiger partial charge in [-0.1, -0.05) is 58.9 Å². The number of allylic oxidation sites excluding steroid dienone is 5. The summed E-state index contributed by atoms with van der Waals surface area (Å²) in [6.07, 6.45) is 15.6. The van der Waals surface area contributed by atoms with Gasteiger partial charge in [0.05, 0.1) is 24.0 Å². The first kappa shape index (κ1) is 39.6. The van der Waals surface area contributed by atoms with Crippen LogP contribution in [0.5, 0.6) is 0 Å². The Morgan fingerprint density at radius 2 is 1.70 bits per heavy atom. The van der Waals surface area contributed by atoms with Crippen molar-refractivity contribution < 1.29 is 26.7 Å². The predicted octanol–water partition coefficient (Wildman–Crippen LogP) is 8.79. The average Bonchev–Trinajstić information content (AvgIpc) is 3.72. The second-order valence-corrected chi connectivity index (χ2v) is 22.3. The summed E-state index contributed by atoms with van der Waals surface area (Å²) in [6, 6.07) is 0. The van der Waals surface area contributed by atoms with Crippen molar-refractivity contribution in [2.24, 2.45) is 57.2 Å². The van der Waals surface area contributed by atoms with Gasteiger partial charge in [0.25, 0.3) is 0 Å². The summed E-state index contributed by atoms with van der Waals surface area (Å²) in [5, 5.41) is 4.19. The molecular weight excluding hydrogens is 691 g/mol. The molecule has 0 aromatic rings. The Morgan fingerprint density at radius 3 is 2.38 bits per heavy atom. The molecule has 9 heteroatoms. The van der Waals surface area contributed by atoms with Crippen LogP contribution in [0.4, 0.5) is 8.78 Å². The lowest BCUT2D eigenvalue weighted by Gasteiger charge is -2.72. The normalized spacial score (nSPS) is 43.4. The molecule has 7 rings (SSSR count). The lowest BCUT2D eigenvalue weighted by atomic mass is 9.33. The van der Waals surface area contributed by atoms with Crippen LogP contribution in [0, 0.1) is 57.2 Å². The molecule has 1 N–H and O–H groups in total. The fourth-order valence-corrected chi connectivity index (χ4v) is 15.9. The average molecular weight is 759 g/mol. The van der Waals surface area contributed by atoms with Crippen LogP contribution in [0.25, 0.3) is 0 Å². The third kappa shape index (κ3) is 6.17. The van der Waals surface area contributed by atoms with Gasteiger partial charge < -0.3 is 15.0 Å². The van der Waals surface area contributed by atoms with Crippen LogP contribution in [0.3, 0.4) is 0 Å². The highest BCUT2D eigenvalue weighted by atomic mass is 32.2. The molecule has 1 aliphatic heterocycles. The molecular formula is C44H68F2N2O4S. The third-order valence-electron chi connectivity index (χ3n) is 17.5. The van der Waals surface area contributed by atoms with Crippen LogP contribution < -0.4 is 5.32 Å². The summed E-state index contributed by atoms with van der Waals surface area (Å²) in [6.45, 7) is 24.1. The van der Waals surface area contributed by atoms with E-state index >= 15 is 8.78 Å². The Kier molecular flexibility index (Phi) is 10.1. The number of fused-ring (bicyclic) bond motifs is 7. The SMILES string of the molecule is C=C(C)[C@@H]1CC[C@]2(NCCN3CCS(=O)(=O)CC3)CC[C@]3(C)[C@H](CC[C@@H]4[C@@]5(C)CC=C(C6=CC(C(F)(F)C(=O)OCC)CC6)C(C)(C)[C@@H]5CC[C@]43C)[C@@H]12. The van der Waals surface area contributed by atoms with E-state index in [1.807, 2.05) is 0 Å². The molecule has 0 spiro atoms. The Hall–Kier alpha value is -1.58. The number of esters is 1. The molecule has 0 aromatic carbocycles. The Balaban J connectivity index is 1.12. The van der Waals surface area contributed by atoms with Crippen LogP contribution in [0.15, 0.2) is 35.5 Å². The minimum absolute atomic E-state index is 0.0426. The van der Waals surface area contributed by atoms with Gasteiger partial charge >= 0.3 is 11.9 Å². The molecule has 1 saturated heterocycles. The number of nitrogens with one attached hydrogen (secondary N) is 1. The van der Waals surface area contributed by atoms with Crippen LogP contribution in [-0.2, 0) is 19.4 Å². The Labute approximate surface area is 319 Å². The van der Waals surface area contributed by atoms with Crippen LogP contribution in [-0.4, -0.2) is 75.0 Å². The van der Waals surface area contributed by atoms with E-state index in [0.29, 0.717) is 49.1 Å². The number of nitrogens with zero attached hydrogens (tertiary/aromatic N) is 1. The number of carbonyl (C=O) groups is 1. The largest absolute Gasteiger partial charge is 0.462 e. The number of hydrogen-bond acceptors (Lipinski definition) is 6. The number of ether oxygens (including phenoxy) is 1. The summed E-state index contributed by atoms with van der Waals surface area (Å²) in [7, 11) is -2.88. The molecule has 10 atom stereocenters. The van der Waals surface area contributed by atoms with E-state index in [0.717, 1.165) is 31.5 Å². The second-order valence-electron chi connectivity index (χ2n) is 20.0. The lowest BCUT2D eigenvalue weighted by molar-refractivity contribution is -0.221. The van der Waals surface area contributed by atoms with E-state index in [1.165, 1.54) is 56.1 Å². The lowest BCUT2D eigenvalue weighted by Crippen LogP contribution is -2.68. The van der Waals surface area contributed by atoms with Crippen LogP contribution >= 0.6 is 0 Å². The van der Waals surface area contributed by atoms with Gasteiger partial charge in [-0.3, -0.25) is 0 Å². The molecule has 0 amide bonds. The zero-order chi connectivity index (χ0) is 38.4. The number of sulfone groups is 1. The zero-order valence-electron chi connectivity index (χ0n) is 33.8. The fraction of sp³-hybridized carbons (Fsp3) is 0.841. The number of halogens is 2.